The lowest BCUT2D eigenvalue weighted by Crippen LogP contribution is -2.17. The van der Waals surface area contributed by atoms with E-state index in [1.54, 1.807) is 18.2 Å². The molecule has 0 amide bonds. The molecule has 0 aliphatic heterocycles. The highest BCUT2D eigenvalue weighted by Gasteiger charge is 2.09. The van der Waals surface area contributed by atoms with Gasteiger partial charge in [0.05, 0.1) is 0 Å². The fraction of sp³-hybridized carbons (Fsp3) is 0. The Labute approximate surface area is 128 Å². The minimum Gasteiger partial charge on any atom is -0.450 e. The van der Waals surface area contributed by atoms with Crippen LogP contribution in [0.15, 0.2) is 66.7 Å². The van der Waals surface area contributed by atoms with Crippen LogP contribution in [0.2, 0.25) is 0 Å². The summed E-state index contributed by atoms with van der Waals surface area (Å²) < 4.78 is 28.0. The third kappa shape index (κ3) is 2.78. The highest BCUT2D eigenvalue weighted by Crippen LogP contribution is 2.27. The summed E-state index contributed by atoms with van der Waals surface area (Å²) in [6, 6.07) is 18.4. The van der Waals surface area contributed by atoms with E-state index in [0.717, 1.165) is 5.56 Å². The van der Waals surface area contributed by atoms with Crippen LogP contribution in [-0.2, 0) is 0 Å². The van der Waals surface area contributed by atoms with Gasteiger partial charge in [-0.05, 0) is 34.3 Å². The van der Waals surface area contributed by atoms with Gasteiger partial charge in [0.25, 0.3) is 0 Å². The van der Waals surface area contributed by atoms with E-state index in [-0.39, 0.29) is 11.3 Å². The summed E-state index contributed by atoms with van der Waals surface area (Å²) in [4.78, 5) is 0. The molecule has 3 rings (SSSR count). The first kappa shape index (κ1) is 14.5. The van der Waals surface area contributed by atoms with Crippen LogP contribution in [0.3, 0.4) is 0 Å². The maximum absolute atomic E-state index is 14.3. The molecule has 0 spiro atoms. The molecule has 0 fully saturated rings. The quantitative estimate of drug-likeness (QED) is 0.732. The first-order valence-electron chi connectivity index (χ1n) is 6.81. The molecule has 107 valence electrons. The van der Waals surface area contributed by atoms with Crippen LogP contribution in [0.1, 0.15) is 0 Å². The van der Waals surface area contributed by atoms with E-state index < -0.39 is 5.82 Å². The van der Waals surface area contributed by atoms with Crippen molar-refractivity contribution in [2.24, 2.45) is 0 Å². The zero-order chi connectivity index (χ0) is 15.5. The molecular weight excluding hydrogens is 281 g/mol. The maximum Gasteiger partial charge on any atom is 0.329 e. The van der Waals surface area contributed by atoms with Crippen molar-refractivity contribution in [1.29, 1.82) is 0 Å². The van der Waals surface area contributed by atoms with Crippen LogP contribution in [0.25, 0.3) is 22.3 Å². The maximum atomic E-state index is 14.3. The van der Waals surface area contributed by atoms with Crippen LogP contribution in [-0.4, -0.2) is 12.5 Å². The SMILES string of the molecule is O[B]c1ccc(-c2ccc(-c3ccccc3)c(F)c2)cc1F. The van der Waals surface area contributed by atoms with Crippen molar-refractivity contribution in [1.82, 2.24) is 0 Å². The van der Waals surface area contributed by atoms with Gasteiger partial charge in [-0.2, -0.15) is 0 Å². The highest BCUT2D eigenvalue weighted by atomic mass is 19.1. The third-order valence-electron chi connectivity index (χ3n) is 3.53. The summed E-state index contributed by atoms with van der Waals surface area (Å²) in [6.45, 7) is 0. The summed E-state index contributed by atoms with van der Waals surface area (Å²) in [6.07, 6.45) is 0. The van der Waals surface area contributed by atoms with Crippen molar-refractivity contribution in [2.45, 2.75) is 0 Å². The molecule has 0 aliphatic carbocycles. The van der Waals surface area contributed by atoms with Crippen molar-refractivity contribution in [3.05, 3.63) is 78.4 Å². The zero-order valence-electron chi connectivity index (χ0n) is 11.6. The predicted octanol–water partition coefficient (Wildman–Crippen LogP) is 3.54. The Morgan fingerprint density at radius 2 is 1.32 bits per heavy atom. The molecule has 4 heteroatoms. The lowest BCUT2D eigenvalue weighted by Gasteiger charge is -2.08. The van der Waals surface area contributed by atoms with Crippen LogP contribution in [0.5, 0.6) is 0 Å². The third-order valence-corrected chi connectivity index (χ3v) is 3.53. The second-order valence-electron chi connectivity index (χ2n) is 4.93. The smallest absolute Gasteiger partial charge is 0.329 e. The van der Waals surface area contributed by atoms with Gasteiger partial charge >= 0.3 is 7.48 Å². The van der Waals surface area contributed by atoms with E-state index in [9.17, 15) is 8.78 Å². The minimum atomic E-state index is -0.549. The molecule has 0 saturated heterocycles. The van der Waals surface area contributed by atoms with E-state index in [1.807, 2.05) is 30.3 Å². The number of rotatable bonds is 3. The fourth-order valence-electron chi connectivity index (χ4n) is 2.36. The van der Waals surface area contributed by atoms with E-state index in [1.165, 1.54) is 18.2 Å². The summed E-state index contributed by atoms with van der Waals surface area (Å²) in [5.41, 5.74) is 2.54. The molecular formula is C18H12BF2O. The molecule has 0 saturated carbocycles. The van der Waals surface area contributed by atoms with E-state index in [0.29, 0.717) is 24.2 Å². The molecule has 0 bridgehead atoms. The average Bonchev–Trinajstić information content (AvgIpc) is 2.55. The Hall–Kier alpha value is -2.46. The molecule has 0 aliphatic rings. The first-order chi connectivity index (χ1) is 10.7. The van der Waals surface area contributed by atoms with Gasteiger partial charge in [0.2, 0.25) is 0 Å². The number of hydrogen-bond donors (Lipinski definition) is 1. The Morgan fingerprint density at radius 1 is 0.682 bits per heavy atom. The van der Waals surface area contributed by atoms with Crippen molar-refractivity contribution >= 4 is 12.9 Å². The Kier molecular flexibility index (Phi) is 4.03. The lowest BCUT2D eigenvalue weighted by atomic mass is 9.86. The van der Waals surface area contributed by atoms with Crippen molar-refractivity contribution in [2.75, 3.05) is 0 Å². The zero-order valence-corrected chi connectivity index (χ0v) is 11.6. The second-order valence-corrected chi connectivity index (χ2v) is 4.93. The molecule has 0 aromatic heterocycles. The van der Waals surface area contributed by atoms with Gasteiger partial charge in [0, 0.05) is 5.56 Å². The highest BCUT2D eigenvalue weighted by molar-refractivity contribution is 6.45. The predicted molar refractivity (Wildman–Crippen MR) is 84.8 cm³/mol. The van der Waals surface area contributed by atoms with Gasteiger partial charge in [0.1, 0.15) is 11.6 Å². The molecule has 22 heavy (non-hydrogen) atoms. The van der Waals surface area contributed by atoms with Gasteiger partial charge in [-0.15, -0.1) is 0 Å². The van der Waals surface area contributed by atoms with Gasteiger partial charge in [-0.1, -0.05) is 54.6 Å². The molecule has 3 aromatic carbocycles. The Morgan fingerprint density at radius 3 is 1.91 bits per heavy atom. The molecule has 1 nitrogen and oxygen atoms in total. The van der Waals surface area contributed by atoms with E-state index >= 15 is 0 Å². The Bertz CT molecular complexity index is 803. The van der Waals surface area contributed by atoms with Crippen molar-refractivity contribution in [3.63, 3.8) is 0 Å². The lowest BCUT2D eigenvalue weighted by molar-refractivity contribution is 0.602. The van der Waals surface area contributed by atoms with Gasteiger partial charge in [0.15, 0.2) is 0 Å². The van der Waals surface area contributed by atoms with E-state index in [2.05, 4.69) is 0 Å². The molecule has 0 atom stereocenters. The van der Waals surface area contributed by atoms with Crippen molar-refractivity contribution < 1.29 is 13.8 Å². The summed E-state index contributed by atoms with van der Waals surface area (Å²) in [7, 11) is 0.707. The topological polar surface area (TPSA) is 20.2 Å². The standard InChI is InChI=1S/C18H12BF2O/c20-17-10-13(14-7-9-16(19-22)18(21)11-14)6-8-15(17)12-4-2-1-3-5-12/h1-11,22H. The number of benzene rings is 3. The Balaban J connectivity index is 2.00. The van der Waals surface area contributed by atoms with Crippen LogP contribution in [0.4, 0.5) is 8.78 Å². The molecule has 3 aromatic rings. The molecule has 1 N–H and O–H groups in total. The van der Waals surface area contributed by atoms with E-state index in [4.69, 9.17) is 5.02 Å². The van der Waals surface area contributed by atoms with Gasteiger partial charge < -0.3 is 5.02 Å². The largest absolute Gasteiger partial charge is 0.450 e. The summed E-state index contributed by atoms with van der Waals surface area (Å²) in [5.74, 6) is -0.908. The number of hydrogen-bond acceptors (Lipinski definition) is 1. The minimum absolute atomic E-state index is 0.102. The normalized spacial score (nSPS) is 10.5. The molecule has 1 radical (unpaired) electrons. The average molecular weight is 293 g/mol. The van der Waals surface area contributed by atoms with Crippen molar-refractivity contribution in [3.8, 4) is 22.3 Å². The van der Waals surface area contributed by atoms with Crippen LogP contribution in [0, 0.1) is 11.6 Å². The molecule has 0 unspecified atom stereocenters. The number of halogens is 2. The summed E-state index contributed by atoms with van der Waals surface area (Å²) in [5, 5.41) is 8.86. The summed E-state index contributed by atoms with van der Waals surface area (Å²) >= 11 is 0. The van der Waals surface area contributed by atoms with Crippen LogP contribution >= 0.6 is 0 Å². The molecule has 0 heterocycles. The first-order valence-corrected chi connectivity index (χ1v) is 6.81. The van der Waals surface area contributed by atoms with Gasteiger partial charge in [-0.3, -0.25) is 0 Å². The van der Waals surface area contributed by atoms with Gasteiger partial charge in [-0.25, -0.2) is 8.78 Å². The second kappa shape index (κ2) is 6.12. The monoisotopic (exact) mass is 293 g/mol. The fourth-order valence-corrected chi connectivity index (χ4v) is 2.36. The van der Waals surface area contributed by atoms with Crippen LogP contribution < -0.4 is 5.46 Å².